The number of aromatic amines is 1. The Balaban J connectivity index is 1.81. The molecule has 0 bridgehead atoms. The average Bonchev–Trinajstić information content (AvgIpc) is 3.16. The van der Waals surface area contributed by atoms with Gasteiger partial charge in [-0.25, -0.2) is 4.98 Å². The van der Waals surface area contributed by atoms with Gasteiger partial charge in [0.2, 0.25) is 0 Å². The Morgan fingerprint density at radius 3 is 3.00 bits per heavy atom. The summed E-state index contributed by atoms with van der Waals surface area (Å²) in [5, 5.41) is 6.41. The first kappa shape index (κ1) is 14.3. The first-order valence-corrected chi connectivity index (χ1v) is 8.01. The van der Waals surface area contributed by atoms with Crippen LogP contribution in [0.3, 0.4) is 0 Å². The van der Waals surface area contributed by atoms with Crippen LogP contribution in [-0.4, -0.2) is 9.97 Å². The third-order valence-corrected chi connectivity index (χ3v) is 4.60. The van der Waals surface area contributed by atoms with Gasteiger partial charge in [0.25, 0.3) is 0 Å². The van der Waals surface area contributed by atoms with Crippen molar-refractivity contribution in [3.63, 3.8) is 0 Å². The lowest BCUT2D eigenvalue weighted by Crippen LogP contribution is -2.22. The maximum atomic E-state index is 6.09. The molecule has 21 heavy (non-hydrogen) atoms. The number of benzene rings is 1. The molecule has 2 heterocycles. The zero-order valence-corrected chi connectivity index (χ0v) is 13.2. The first-order chi connectivity index (χ1) is 10.2. The third-order valence-electron chi connectivity index (χ3n) is 3.43. The van der Waals surface area contributed by atoms with Crippen molar-refractivity contribution < 1.29 is 0 Å². The topological polar surface area (TPSA) is 40.7 Å². The van der Waals surface area contributed by atoms with Gasteiger partial charge in [0.15, 0.2) is 0 Å². The lowest BCUT2D eigenvalue weighted by molar-refractivity contribution is 0.587. The molecule has 0 aliphatic heterocycles. The molecule has 3 aromatic rings. The van der Waals surface area contributed by atoms with E-state index in [2.05, 4.69) is 39.7 Å². The van der Waals surface area contributed by atoms with E-state index in [1.807, 2.05) is 24.4 Å². The standard InChI is InChI=1S/C16H16ClN3S/c1-11-4-5-13(17)9-12(11)10-20-15(14-3-2-8-21-14)16-18-6-7-19-16/h2-9,15,20H,10H2,1H3,(H,18,19)/t15-/m1/s1. The number of hydrogen-bond donors (Lipinski definition) is 2. The lowest BCUT2D eigenvalue weighted by Gasteiger charge is -2.16. The molecule has 1 atom stereocenters. The van der Waals surface area contributed by atoms with E-state index >= 15 is 0 Å². The van der Waals surface area contributed by atoms with E-state index in [0.717, 1.165) is 17.4 Å². The Labute approximate surface area is 133 Å². The number of nitrogens with zero attached hydrogens (tertiary/aromatic N) is 1. The Bertz CT molecular complexity index is 658. The molecule has 0 amide bonds. The maximum absolute atomic E-state index is 6.09. The van der Waals surface area contributed by atoms with Crippen molar-refractivity contribution in [1.29, 1.82) is 0 Å². The molecular weight excluding hydrogens is 302 g/mol. The number of thiophene rings is 1. The fourth-order valence-corrected chi connectivity index (χ4v) is 3.26. The van der Waals surface area contributed by atoms with Crippen molar-refractivity contribution in [2.45, 2.75) is 19.5 Å². The molecule has 0 spiro atoms. The van der Waals surface area contributed by atoms with Crippen LogP contribution >= 0.6 is 22.9 Å². The fraction of sp³-hybridized carbons (Fsp3) is 0.188. The van der Waals surface area contributed by atoms with Gasteiger partial charge in [-0.15, -0.1) is 11.3 Å². The highest BCUT2D eigenvalue weighted by Gasteiger charge is 2.17. The molecule has 1 aromatic carbocycles. The van der Waals surface area contributed by atoms with E-state index in [1.54, 1.807) is 17.5 Å². The van der Waals surface area contributed by atoms with Crippen LogP contribution in [0.1, 0.15) is 27.9 Å². The molecule has 0 fully saturated rings. The first-order valence-electron chi connectivity index (χ1n) is 6.75. The van der Waals surface area contributed by atoms with Gasteiger partial charge in [0.05, 0.1) is 0 Å². The highest BCUT2D eigenvalue weighted by molar-refractivity contribution is 7.10. The van der Waals surface area contributed by atoms with Crippen molar-refractivity contribution in [3.8, 4) is 0 Å². The highest BCUT2D eigenvalue weighted by atomic mass is 35.5. The number of rotatable bonds is 5. The molecule has 3 rings (SSSR count). The van der Waals surface area contributed by atoms with Gasteiger partial charge in [-0.2, -0.15) is 0 Å². The van der Waals surface area contributed by atoms with Gasteiger partial charge >= 0.3 is 0 Å². The highest BCUT2D eigenvalue weighted by Crippen LogP contribution is 2.24. The summed E-state index contributed by atoms with van der Waals surface area (Å²) in [6, 6.07) is 10.2. The van der Waals surface area contributed by atoms with Gasteiger partial charge in [-0.1, -0.05) is 23.7 Å². The molecule has 2 aromatic heterocycles. The summed E-state index contributed by atoms with van der Waals surface area (Å²) in [4.78, 5) is 8.82. The minimum absolute atomic E-state index is 0.0679. The van der Waals surface area contributed by atoms with Crippen molar-refractivity contribution in [2.24, 2.45) is 0 Å². The number of aryl methyl sites for hydroxylation is 1. The Kier molecular flexibility index (Phi) is 4.39. The smallest absolute Gasteiger partial charge is 0.128 e. The minimum atomic E-state index is 0.0679. The fourth-order valence-electron chi connectivity index (χ4n) is 2.27. The number of hydrogen-bond acceptors (Lipinski definition) is 3. The van der Waals surface area contributed by atoms with Crippen LogP contribution in [0.15, 0.2) is 48.1 Å². The second kappa shape index (κ2) is 6.43. The van der Waals surface area contributed by atoms with Crippen molar-refractivity contribution in [3.05, 3.63) is 75.0 Å². The van der Waals surface area contributed by atoms with E-state index < -0.39 is 0 Å². The summed E-state index contributed by atoms with van der Waals surface area (Å²) in [6.07, 6.45) is 3.63. The second-order valence-electron chi connectivity index (χ2n) is 4.87. The molecule has 2 N–H and O–H groups in total. The molecule has 0 radical (unpaired) electrons. The summed E-state index contributed by atoms with van der Waals surface area (Å²) in [5.41, 5.74) is 2.44. The van der Waals surface area contributed by atoms with Crippen LogP contribution < -0.4 is 5.32 Å². The summed E-state index contributed by atoms with van der Waals surface area (Å²) in [7, 11) is 0. The Morgan fingerprint density at radius 2 is 2.29 bits per heavy atom. The Hall–Kier alpha value is -1.62. The van der Waals surface area contributed by atoms with E-state index in [4.69, 9.17) is 11.6 Å². The van der Waals surface area contributed by atoms with Crippen molar-refractivity contribution in [2.75, 3.05) is 0 Å². The zero-order valence-electron chi connectivity index (χ0n) is 11.6. The number of halogens is 1. The monoisotopic (exact) mass is 317 g/mol. The predicted octanol–water partition coefficient (Wildman–Crippen LogP) is 4.31. The predicted molar refractivity (Wildman–Crippen MR) is 87.8 cm³/mol. The number of aromatic nitrogens is 2. The van der Waals surface area contributed by atoms with Gasteiger partial charge in [0.1, 0.15) is 11.9 Å². The Morgan fingerprint density at radius 1 is 1.38 bits per heavy atom. The molecule has 5 heteroatoms. The number of H-pyrrole nitrogens is 1. The van der Waals surface area contributed by atoms with E-state index in [9.17, 15) is 0 Å². The van der Waals surface area contributed by atoms with Gasteiger partial charge in [0, 0.05) is 28.8 Å². The second-order valence-corrected chi connectivity index (χ2v) is 6.29. The largest absolute Gasteiger partial charge is 0.347 e. The van der Waals surface area contributed by atoms with E-state index in [0.29, 0.717) is 0 Å². The summed E-state index contributed by atoms with van der Waals surface area (Å²) in [5.74, 6) is 0.928. The minimum Gasteiger partial charge on any atom is -0.347 e. The number of nitrogens with one attached hydrogen (secondary N) is 2. The van der Waals surface area contributed by atoms with Gasteiger partial charge in [-0.3, -0.25) is 5.32 Å². The molecule has 0 aliphatic carbocycles. The van der Waals surface area contributed by atoms with Crippen LogP contribution in [0.2, 0.25) is 5.02 Å². The summed E-state index contributed by atoms with van der Waals surface area (Å²) >= 11 is 7.81. The van der Waals surface area contributed by atoms with E-state index in [1.165, 1.54) is 16.0 Å². The molecule has 0 aliphatic rings. The van der Waals surface area contributed by atoms with Crippen LogP contribution in [0.5, 0.6) is 0 Å². The van der Waals surface area contributed by atoms with Crippen molar-refractivity contribution in [1.82, 2.24) is 15.3 Å². The number of imidazole rings is 1. The quantitative estimate of drug-likeness (QED) is 0.736. The third kappa shape index (κ3) is 3.35. The molecule has 0 unspecified atom stereocenters. The molecule has 0 saturated carbocycles. The summed E-state index contributed by atoms with van der Waals surface area (Å²) < 4.78 is 0. The van der Waals surface area contributed by atoms with Gasteiger partial charge < -0.3 is 4.98 Å². The lowest BCUT2D eigenvalue weighted by atomic mass is 10.1. The van der Waals surface area contributed by atoms with Crippen LogP contribution in [0.4, 0.5) is 0 Å². The van der Waals surface area contributed by atoms with Gasteiger partial charge in [-0.05, 0) is 41.6 Å². The van der Waals surface area contributed by atoms with Crippen LogP contribution in [0, 0.1) is 6.92 Å². The van der Waals surface area contributed by atoms with Crippen molar-refractivity contribution >= 4 is 22.9 Å². The average molecular weight is 318 g/mol. The molecule has 0 saturated heterocycles. The molecule has 3 nitrogen and oxygen atoms in total. The SMILES string of the molecule is Cc1ccc(Cl)cc1CN[C@@H](c1ncc[nH]1)c1cccs1. The van der Waals surface area contributed by atoms with Crippen LogP contribution in [0.25, 0.3) is 0 Å². The zero-order chi connectivity index (χ0) is 14.7. The summed E-state index contributed by atoms with van der Waals surface area (Å²) in [6.45, 7) is 2.84. The normalized spacial score (nSPS) is 12.5. The molecular formula is C16H16ClN3S. The molecule has 108 valence electrons. The van der Waals surface area contributed by atoms with E-state index in [-0.39, 0.29) is 6.04 Å². The van der Waals surface area contributed by atoms with Crippen LogP contribution in [-0.2, 0) is 6.54 Å². The maximum Gasteiger partial charge on any atom is 0.128 e.